The Morgan fingerprint density at radius 3 is 2.39 bits per heavy atom. The van der Waals surface area contributed by atoms with Crippen LogP contribution in [0.2, 0.25) is 0 Å². The van der Waals surface area contributed by atoms with Gasteiger partial charge in [0.25, 0.3) is 0 Å². The van der Waals surface area contributed by atoms with Crippen molar-refractivity contribution in [2.75, 3.05) is 0 Å². The summed E-state index contributed by atoms with van der Waals surface area (Å²) in [6, 6.07) is 17.8. The van der Waals surface area contributed by atoms with E-state index in [2.05, 4.69) is 6.58 Å². The molecule has 2 rings (SSSR count). The number of Topliss-reactive ketones (excluding diaryl/α,β-unsaturated/α-hetero) is 1. The minimum atomic E-state index is 0.175. The van der Waals surface area contributed by atoms with Crippen LogP contribution < -0.4 is 0 Å². The highest BCUT2D eigenvalue weighted by molar-refractivity contribution is 6.02. The normalized spacial score (nSPS) is 10.0. The first-order chi connectivity index (χ1) is 8.83. The van der Waals surface area contributed by atoms with Gasteiger partial charge in [0.05, 0.1) is 0 Å². The summed E-state index contributed by atoms with van der Waals surface area (Å²) in [6.07, 6.45) is 3.03. The predicted octanol–water partition coefficient (Wildman–Crippen LogP) is 4.50. The number of ketones is 1. The molecule has 0 amide bonds. The zero-order valence-corrected chi connectivity index (χ0v) is 10.3. The fourth-order valence-electron chi connectivity index (χ4n) is 1.96. The summed E-state index contributed by atoms with van der Waals surface area (Å²) < 4.78 is 0. The molecule has 0 aliphatic carbocycles. The molecule has 0 spiro atoms. The van der Waals surface area contributed by atoms with Gasteiger partial charge in [0, 0.05) is 12.0 Å². The third-order valence-electron chi connectivity index (χ3n) is 2.89. The molecule has 18 heavy (non-hydrogen) atoms. The molecule has 0 aliphatic rings. The van der Waals surface area contributed by atoms with E-state index < -0.39 is 0 Å². The third kappa shape index (κ3) is 2.75. The van der Waals surface area contributed by atoms with Crippen molar-refractivity contribution in [3.8, 4) is 11.1 Å². The van der Waals surface area contributed by atoms with Gasteiger partial charge in [0.1, 0.15) is 0 Å². The Hall–Kier alpha value is -2.15. The molecule has 0 atom stereocenters. The lowest BCUT2D eigenvalue weighted by molar-refractivity contribution is 0.0984. The van der Waals surface area contributed by atoms with E-state index in [9.17, 15) is 4.79 Å². The summed E-state index contributed by atoms with van der Waals surface area (Å²) in [7, 11) is 0. The van der Waals surface area contributed by atoms with Gasteiger partial charge in [-0.25, -0.2) is 0 Å². The first-order valence-electron chi connectivity index (χ1n) is 6.11. The lowest BCUT2D eigenvalue weighted by Gasteiger charge is -2.08. The van der Waals surface area contributed by atoms with E-state index in [4.69, 9.17) is 0 Å². The minimum absolute atomic E-state index is 0.175. The second kappa shape index (κ2) is 5.97. The lowest BCUT2D eigenvalue weighted by atomic mass is 9.95. The molecule has 0 heterocycles. The van der Waals surface area contributed by atoms with Crippen LogP contribution in [-0.2, 0) is 0 Å². The van der Waals surface area contributed by atoms with Crippen molar-refractivity contribution < 1.29 is 4.79 Å². The van der Waals surface area contributed by atoms with E-state index >= 15 is 0 Å². The molecule has 0 unspecified atom stereocenters. The number of hydrogen-bond donors (Lipinski definition) is 0. The lowest BCUT2D eigenvalue weighted by Crippen LogP contribution is -2.00. The maximum atomic E-state index is 12.1. The molecule has 0 saturated carbocycles. The molecule has 2 aromatic carbocycles. The molecular weight excluding hydrogens is 220 g/mol. The maximum Gasteiger partial charge on any atom is 0.163 e. The fraction of sp³-hybridized carbons (Fsp3) is 0.118. The number of benzene rings is 2. The summed E-state index contributed by atoms with van der Waals surface area (Å²) in [5.74, 6) is 0.175. The highest BCUT2D eigenvalue weighted by atomic mass is 16.1. The Bertz CT molecular complexity index is 541. The van der Waals surface area contributed by atoms with Crippen LogP contribution in [0.25, 0.3) is 11.1 Å². The van der Waals surface area contributed by atoms with Crippen LogP contribution in [0.5, 0.6) is 0 Å². The van der Waals surface area contributed by atoms with Crippen LogP contribution in [0.15, 0.2) is 67.3 Å². The highest BCUT2D eigenvalue weighted by Gasteiger charge is 2.10. The topological polar surface area (TPSA) is 17.1 Å². The Kier molecular flexibility index (Phi) is 4.08. The Morgan fingerprint density at radius 1 is 1.00 bits per heavy atom. The zero-order chi connectivity index (χ0) is 12.8. The molecule has 0 aliphatic heterocycles. The number of hydrogen-bond acceptors (Lipinski definition) is 1. The van der Waals surface area contributed by atoms with Crippen LogP contribution in [0.4, 0.5) is 0 Å². The van der Waals surface area contributed by atoms with E-state index in [-0.39, 0.29) is 5.78 Å². The van der Waals surface area contributed by atoms with Gasteiger partial charge in [-0.15, -0.1) is 6.58 Å². The average molecular weight is 236 g/mol. The van der Waals surface area contributed by atoms with E-state index in [0.717, 1.165) is 23.1 Å². The Morgan fingerprint density at radius 2 is 1.67 bits per heavy atom. The largest absolute Gasteiger partial charge is 0.294 e. The highest BCUT2D eigenvalue weighted by Crippen LogP contribution is 2.24. The zero-order valence-electron chi connectivity index (χ0n) is 10.3. The number of allylic oxidation sites excluding steroid dienone is 1. The standard InChI is InChI=1S/C17H16O/c1-2-3-13-17(18)16-12-8-7-11-15(16)14-9-5-4-6-10-14/h2,4-12H,1,3,13H2. The number of rotatable bonds is 5. The second-order valence-electron chi connectivity index (χ2n) is 4.16. The van der Waals surface area contributed by atoms with Gasteiger partial charge in [-0.2, -0.15) is 0 Å². The smallest absolute Gasteiger partial charge is 0.163 e. The van der Waals surface area contributed by atoms with Crippen molar-refractivity contribution in [3.05, 3.63) is 72.8 Å². The van der Waals surface area contributed by atoms with E-state index in [1.165, 1.54) is 0 Å². The van der Waals surface area contributed by atoms with Crippen LogP contribution in [0.3, 0.4) is 0 Å². The van der Waals surface area contributed by atoms with Gasteiger partial charge in [0.15, 0.2) is 5.78 Å². The van der Waals surface area contributed by atoms with Crippen molar-refractivity contribution in [1.29, 1.82) is 0 Å². The van der Waals surface area contributed by atoms with Crippen molar-refractivity contribution in [2.45, 2.75) is 12.8 Å². The van der Waals surface area contributed by atoms with Crippen LogP contribution >= 0.6 is 0 Å². The second-order valence-corrected chi connectivity index (χ2v) is 4.16. The van der Waals surface area contributed by atoms with Crippen molar-refractivity contribution >= 4 is 5.78 Å². The van der Waals surface area contributed by atoms with Gasteiger partial charge in [0.2, 0.25) is 0 Å². The van der Waals surface area contributed by atoms with Crippen molar-refractivity contribution in [1.82, 2.24) is 0 Å². The van der Waals surface area contributed by atoms with Crippen molar-refractivity contribution in [2.24, 2.45) is 0 Å². The van der Waals surface area contributed by atoms with Gasteiger partial charge in [-0.3, -0.25) is 4.79 Å². The molecule has 0 aromatic heterocycles. The van der Waals surface area contributed by atoms with Gasteiger partial charge in [-0.05, 0) is 17.5 Å². The molecule has 2 aromatic rings. The molecule has 0 bridgehead atoms. The first kappa shape index (κ1) is 12.3. The fourth-order valence-corrected chi connectivity index (χ4v) is 1.96. The van der Waals surface area contributed by atoms with Gasteiger partial charge in [-0.1, -0.05) is 60.7 Å². The van der Waals surface area contributed by atoms with E-state index in [0.29, 0.717) is 6.42 Å². The van der Waals surface area contributed by atoms with Crippen molar-refractivity contribution in [3.63, 3.8) is 0 Å². The molecular formula is C17H16O. The van der Waals surface area contributed by atoms with E-state index in [1.54, 1.807) is 6.08 Å². The monoisotopic (exact) mass is 236 g/mol. The maximum absolute atomic E-state index is 12.1. The summed E-state index contributed by atoms with van der Waals surface area (Å²) in [5.41, 5.74) is 2.89. The SMILES string of the molecule is C=CCCC(=O)c1ccccc1-c1ccccc1. The average Bonchev–Trinajstić information content (AvgIpc) is 2.45. The summed E-state index contributed by atoms with van der Waals surface area (Å²) in [4.78, 5) is 12.1. The number of carbonyl (C=O) groups excluding carboxylic acids is 1. The Balaban J connectivity index is 2.37. The van der Waals surface area contributed by atoms with Crippen LogP contribution in [0.1, 0.15) is 23.2 Å². The molecule has 0 saturated heterocycles. The van der Waals surface area contributed by atoms with Crippen LogP contribution in [0, 0.1) is 0 Å². The number of carbonyl (C=O) groups is 1. The van der Waals surface area contributed by atoms with E-state index in [1.807, 2.05) is 54.6 Å². The summed E-state index contributed by atoms with van der Waals surface area (Å²) in [5, 5.41) is 0. The van der Waals surface area contributed by atoms with Crippen LogP contribution in [-0.4, -0.2) is 5.78 Å². The molecule has 90 valence electrons. The molecule has 0 fully saturated rings. The molecule has 0 N–H and O–H groups in total. The summed E-state index contributed by atoms with van der Waals surface area (Å²) >= 11 is 0. The van der Waals surface area contributed by atoms with Gasteiger partial charge >= 0.3 is 0 Å². The van der Waals surface area contributed by atoms with Gasteiger partial charge < -0.3 is 0 Å². The quantitative estimate of drug-likeness (QED) is 0.551. The third-order valence-corrected chi connectivity index (χ3v) is 2.89. The molecule has 1 heteroatoms. The first-order valence-corrected chi connectivity index (χ1v) is 6.11. The minimum Gasteiger partial charge on any atom is -0.294 e. The molecule has 0 radical (unpaired) electrons. The predicted molar refractivity (Wildman–Crippen MR) is 75.6 cm³/mol. The summed E-state index contributed by atoms with van der Waals surface area (Å²) in [6.45, 7) is 3.65. The Labute approximate surface area is 108 Å². The molecule has 1 nitrogen and oxygen atoms in total.